The van der Waals surface area contributed by atoms with Crippen molar-refractivity contribution < 1.29 is 4.79 Å². The van der Waals surface area contributed by atoms with E-state index in [0.29, 0.717) is 6.04 Å². The zero-order chi connectivity index (χ0) is 14.4. The van der Waals surface area contributed by atoms with Gasteiger partial charge >= 0.3 is 0 Å². The van der Waals surface area contributed by atoms with E-state index in [9.17, 15) is 4.79 Å². The molecule has 110 valence electrons. The molecule has 0 radical (unpaired) electrons. The molecule has 3 N–H and O–H groups in total. The highest BCUT2D eigenvalue weighted by molar-refractivity contribution is 5.99. The summed E-state index contributed by atoms with van der Waals surface area (Å²) in [6.07, 6.45) is 9.26. The van der Waals surface area contributed by atoms with Gasteiger partial charge in [-0.15, -0.1) is 0 Å². The normalized spacial score (nSPS) is 17.3. The molecule has 0 heterocycles. The Kier molecular flexibility index (Phi) is 5.60. The number of benzene rings is 1. The van der Waals surface area contributed by atoms with E-state index in [-0.39, 0.29) is 12.3 Å². The predicted molar refractivity (Wildman–Crippen MR) is 84.3 cm³/mol. The molecule has 0 spiro atoms. The van der Waals surface area contributed by atoms with Crippen molar-refractivity contribution in [2.45, 2.75) is 57.9 Å². The number of nitrogens with one attached hydrogen (secondary N) is 1. The van der Waals surface area contributed by atoms with E-state index < -0.39 is 0 Å². The molecule has 0 atom stereocenters. The summed E-state index contributed by atoms with van der Waals surface area (Å²) in [4.78, 5) is 11.7. The zero-order valence-corrected chi connectivity index (χ0v) is 12.5. The molecule has 0 amide bonds. The standard InChI is InChI=1S/C17H26N2O/c1-13-11-15(9-10-16(13)17(20)12-18)19-14-7-5-3-2-4-6-8-14/h9-11,14,19H,2-8,12,18H2,1H3. The van der Waals surface area contributed by atoms with Crippen LogP contribution in [0.4, 0.5) is 5.69 Å². The van der Waals surface area contributed by atoms with Crippen LogP contribution in [0.1, 0.15) is 60.9 Å². The lowest BCUT2D eigenvalue weighted by molar-refractivity contribution is 0.100. The second-order valence-corrected chi connectivity index (χ2v) is 5.84. The van der Waals surface area contributed by atoms with Gasteiger partial charge in [-0.3, -0.25) is 4.79 Å². The monoisotopic (exact) mass is 274 g/mol. The maximum atomic E-state index is 11.7. The van der Waals surface area contributed by atoms with Crippen molar-refractivity contribution in [2.75, 3.05) is 11.9 Å². The Morgan fingerprint density at radius 2 is 1.85 bits per heavy atom. The second-order valence-electron chi connectivity index (χ2n) is 5.84. The molecule has 3 heteroatoms. The van der Waals surface area contributed by atoms with Gasteiger partial charge in [-0.05, 0) is 43.5 Å². The van der Waals surface area contributed by atoms with Gasteiger partial charge in [-0.2, -0.15) is 0 Å². The summed E-state index contributed by atoms with van der Waals surface area (Å²) in [6.45, 7) is 2.06. The molecule has 2 rings (SSSR count). The van der Waals surface area contributed by atoms with E-state index >= 15 is 0 Å². The van der Waals surface area contributed by atoms with Gasteiger partial charge in [0.25, 0.3) is 0 Å². The lowest BCUT2D eigenvalue weighted by Gasteiger charge is -2.22. The molecule has 1 aliphatic carbocycles. The van der Waals surface area contributed by atoms with Crippen LogP contribution in [0.3, 0.4) is 0 Å². The molecule has 1 aromatic rings. The van der Waals surface area contributed by atoms with Crippen LogP contribution >= 0.6 is 0 Å². The zero-order valence-electron chi connectivity index (χ0n) is 12.5. The number of Topliss-reactive ketones (excluding diaryl/α,β-unsaturated/α-hetero) is 1. The van der Waals surface area contributed by atoms with E-state index in [1.165, 1.54) is 44.9 Å². The molecule has 0 aliphatic heterocycles. The highest BCUT2D eigenvalue weighted by Gasteiger charge is 2.12. The van der Waals surface area contributed by atoms with E-state index in [1.807, 2.05) is 19.1 Å². The highest BCUT2D eigenvalue weighted by atomic mass is 16.1. The highest BCUT2D eigenvalue weighted by Crippen LogP contribution is 2.22. The summed E-state index contributed by atoms with van der Waals surface area (Å²) < 4.78 is 0. The van der Waals surface area contributed by atoms with Crippen molar-refractivity contribution in [2.24, 2.45) is 5.73 Å². The van der Waals surface area contributed by atoms with Gasteiger partial charge in [0.05, 0.1) is 6.54 Å². The van der Waals surface area contributed by atoms with Crippen molar-refractivity contribution in [3.05, 3.63) is 29.3 Å². The van der Waals surface area contributed by atoms with Crippen molar-refractivity contribution in [1.82, 2.24) is 0 Å². The molecular weight excluding hydrogens is 248 g/mol. The van der Waals surface area contributed by atoms with E-state index in [2.05, 4.69) is 11.4 Å². The van der Waals surface area contributed by atoms with Gasteiger partial charge in [-0.1, -0.05) is 32.1 Å². The molecule has 1 fully saturated rings. The summed E-state index contributed by atoms with van der Waals surface area (Å²) in [5.74, 6) is 0.0139. The van der Waals surface area contributed by atoms with Crippen LogP contribution in [-0.4, -0.2) is 18.4 Å². The van der Waals surface area contributed by atoms with E-state index in [0.717, 1.165) is 16.8 Å². The SMILES string of the molecule is Cc1cc(NC2CCCCCCC2)ccc1C(=O)CN. The minimum atomic E-state index is 0.0139. The fraction of sp³-hybridized carbons (Fsp3) is 0.588. The summed E-state index contributed by atoms with van der Waals surface area (Å²) >= 11 is 0. The molecular formula is C17H26N2O. The third-order valence-corrected chi connectivity index (χ3v) is 4.19. The predicted octanol–water partition coefficient (Wildman–Crippen LogP) is 3.66. The summed E-state index contributed by atoms with van der Waals surface area (Å²) in [5.41, 5.74) is 8.31. The van der Waals surface area contributed by atoms with Gasteiger partial charge in [0.15, 0.2) is 5.78 Å². The molecule has 1 saturated carbocycles. The summed E-state index contributed by atoms with van der Waals surface area (Å²) in [5, 5.41) is 3.63. The van der Waals surface area contributed by atoms with Gasteiger partial charge < -0.3 is 11.1 Å². The minimum Gasteiger partial charge on any atom is -0.382 e. The van der Waals surface area contributed by atoms with Gasteiger partial charge in [0.2, 0.25) is 0 Å². The van der Waals surface area contributed by atoms with Gasteiger partial charge in [-0.25, -0.2) is 0 Å². The Morgan fingerprint density at radius 3 is 2.45 bits per heavy atom. The molecule has 1 aromatic carbocycles. The Labute approximate surface area is 121 Å². The molecule has 1 aliphatic rings. The molecule has 0 bridgehead atoms. The first kappa shape index (κ1) is 15.0. The average molecular weight is 274 g/mol. The lowest BCUT2D eigenvalue weighted by atomic mass is 9.96. The maximum absolute atomic E-state index is 11.7. The molecule has 3 nitrogen and oxygen atoms in total. The Hall–Kier alpha value is -1.35. The van der Waals surface area contributed by atoms with Crippen LogP contribution in [0.15, 0.2) is 18.2 Å². The first-order chi connectivity index (χ1) is 9.70. The number of anilines is 1. The van der Waals surface area contributed by atoms with Gasteiger partial charge in [0, 0.05) is 17.3 Å². The van der Waals surface area contributed by atoms with Crippen molar-refractivity contribution >= 4 is 11.5 Å². The Balaban J connectivity index is 2.01. The Morgan fingerprint density at radius 1 is 1.20 bits per heavy atom. The smallest absolute Gasteiger partial charge is 0.176 e. The van der Waals surface area contributed by atoms with Crippen LogP contribution in [0.2, 0.25) is 0 Å². The van der Waals surface area contributed by atoms with Crippen LogP contribution in [0.5, 0.6) is 0 Å². The van der Waals surface area contributed by atoms with E-state index in [1.54, 1.807) is 0 Å². The number of hydrogen-bond donors (Lipinski definition) is 2. The van der Waals surface area contributed by atoms with Crippen molar-refractivity contribution in [1.29, 1.82) is 0 Å². The quantitative estimate of drug-likeness (QED) is 0.824. The first-order valence-electron chi connectivity index (χ1n) is 7.81. The maximum Gasteiger partial charge on any atom is 0.176 e. The fourth-order valence-electron chi connectivity index (χ4n) is 3.01. The number of carbonyl (C=O) groups excluding carboxylic acids is 1. The fourth-order valence-corrected chi connectivity index (χ4v) is 3.01. The third-order valence-electron chi connectivity index (χ3n) is 4.19. The number of nitrogens with two attached hydrogens (primary N) is 1. The molecule has 0 unspecified atom stereocenters. The van der Waals surface area contributed by atoms with Crippen LogP contribution in [0, 0.1) is 6.92 Å². The van der Waals surface area contributed by atoms with E-state index in [4.69, 9.17) is 5.73 Å². The van der Waals surface area contributed by atoms with Crippen LogP contribution in [-0.2, 0) is 0 Å². The second kappa shape index (κ2) is 7.44. The van der Waals surface area contributed by atoms with Gasteiger partial charge in [0.1, 0.15) is 0 Å². The third kappa shape index (κ3) is 4.07. The largest absolute Gasteiger partial charge is 0.382 e. The first-order valence-corrected chi connectivity index (χ1v) is 7.81. The topological polar surface area (TPSA) is 55.1 Å². The minimum absolute atomic E-state index is 0.0139. The number of aryl methyl sites for hydroxylation is 1. The van der Waals surface area contributed by atoms with Crippen molar-refractivity contribution in [3.8, 4) is 0 Å². The molecule has 0 saturated heterocycles. The molecule has 0 aromatic heterocycles. The average Bonchev–Trinajstić information content (AvgIpc) is 2.41. The number of carbonyl (C=O) groups is 1. The Bertz CT molecular complexity index is 448. The number of rotatable bonds is 4. The number of ketones is 1. The number of hydrogen-bond acceptors (Lipinski definition) is 3. The van der Waals surface area contributed by atoms with Crippen LogP contribution in [0.25, 0.3) is 0 Å². The lowest BCUT2D eigenvalue weighted by Crippen LogP contribution is -2.21. The summed E-state index contributed by atoms with van der Waals surface area (Å²) in [7, 11) is 0. The van der Waals surface area contributed by atoms with Crippen LogP contribution < -0.4 is 11.1 Å². The van der Waals surface area contributed by atoms with Crippen molar-refractivity contribution in [3.63, 3.8) is 0 Å². The summed E-state index contributed by atoms with van der Waals surface area (Å²) in [6, 6.07) is 6.55. The molecule has 20 heavy (non-hydrogen) atoms.